The molecule has 0 N–H and O–H groups in total. The minimum atomic E-state index is -4.54. The van der Waals surface area contributed by atoms with Crippen LogP contribution >= 0.6 is 7.82 Å². The Kier molecular flexibility index (Phi) is 43.0. The number of likely N-dealkylation sites (N-methyl/N-ethyl adjacent to an activating group) is 1. The molecule has 0 aromatic heterocycles. The second-order valence-corrected chi connectivity index (χ2v) is 18.9. The van der Waals surface area contributed by atoms with Gasteiger partial charge in [0.25, 0.3) is 7.82 Å². The smallest absolute Gasteiger partial charge is 0.306 e. The molecule has 0 radical (unpaired) electrons. The second-order valence-electron chi connectivity index (χ2n) is 17.4. The molecule has 0 fully saturated rings. The van der Waals surface area contributed by atoms with Crippen molar-refractivity contribution in [1.29, 1.82) is 0 Å². The Morgan fingerprint density at radius 3 is 1.41 bits per heavy atom. The van der Waals surface area contributed by atoms with Crippen LogP contribution in [0, 0.1) is 0 Å². The van der Waals surface area contributed by atoms with Gasteiger partial charge in [0.1, 0.15) is 19.3 Å². The fourth-order valence-electron chi connectivity index (χ4n) is 6.49. The normalized spacial score (nSPS) is 14.3. The molecule has 0 heterocycles. The summed E-state index contributed by atoms with van der Waals surface area (Å²) in [6, 6.07) is 0. The summed E-state index contributed by atoms with van der Waals surface area (Å²) in [6.45, 7) is 5.22. The number of esters is 1. The molecular weight excluding hydrogens is 782 g/mol. The quantitative estimate of drug-likeness (QED) is 0.0198. The van der Waals surface area contributed by atoms with E-state index in [2.05, 4.69) is 86.8 Å². The molecule has 0 bridgehead atoms. The Balaban J connectivity index is 4.25. The van der Waals surface area contributed by atoms with Crippen LogP contribution in [-0.4, -0.2) is 70.7 Å². The van der Waals surface area contributed by atoms with E-state index < -0.39 is 13.9 Å². The standard InChI is InChI=1S/C52H94NO7P/c1-6-8-10-12-14-16-18-20-22-24-25-26-27-28-30-32-34-36-38-40-42-44-47-57-49-51(50-59-61(55,56)58-48-46-53(3,4)5)60-52(54)45-43-41-39-37-35-33-31-29-23-21-19-17-15-13-11-9-7-2/h8,10,14,16,20,22,25-26,28,30,34,36,51H,6-7,9,11-13,15,17-19,21,23-24,27,29,31-33,35,37-50H2,1-5H3/b10-8-,16-14-,22-20-,26-25-,30-28-,36-34-. The lowest BCUT2D eigenvalue weighted by atomic mass is 10.0. The van der Waals surface area contributed by atoms with Crippen LogP contribution in [0.15, 0.2) is 72.9 Å². The molecule has 0 aliphatic heterocycles. The number of phosphoric ester groups is 1. The Hall–Kier alpha value is -2.06. The van der Waals surface area contributed by atoms with E-state index in [1.807, 2.05) is 21.1 Å². The number of ether oxygens (including phenoxy) is 2. The lowest BCUT2D eigenvalue weighted by Gasteiger charge is -2.28. The topological polar surface area (TPSA) is 94.1 Å². The highest BCUT2D eigenvalue weighted by Gasteiger charge is 2.20. The van der Waals surface area contributed by atoms with Crippen LogP contribution in [0.2, 0.25) is 0 Å². The number of quaternary nitrogens is 1. The summed E-state index contributed by atoms with van der Waals surface area (Å²) >= 11 is 0. The Bertz CT molecular complexity index is 1200. The molecule has 0 saturated heterocycles. The van der Waals surface area contributed by atoms with E-state index in [4.69, 9.17) is 18.5 Å². The number of allylic oxidation sites excluding steroid dienone is 12. The molecule has 0 aliphatic rings. The molecule has 0 spiro atoms. The van der Waals surface area contributed by atoms with Crippen molar-refractivity contribution in [3.63, 3.8) is 0 Å². The summed E-state index contributed by atoms with van der Waals surface area (Å²) in [5.41, 5.74) is 0. The van der Waals surface area contributed by atoms with E-state index in [0.717, 1.165) is 83.5 Å². The summed E-state index contributed by atoms with van der Waals surface area (Å²) in [7, 11) is 1.33. The van der Waals surface area contributed by atoms with Gasteiger partial charge >= 0.3 is 5.97 Å². The van der Waals surface area contributed by atoms with Crippen LogP contribution in [0.25, 0.3) is 0 Å². The summed E-state index contributed by atoms with van der Waals surface area (Å²) in [5.74, 6) is -0.346. The largest absolute Gasteiger partial charge is 0.756 e. The van der Waals surface area contributed by atoms with Crippen LogP contribution in [0.4, 0.5) is 0 Å². The number of hydrogen-bond acceptors (Lipinski definition) is 7. The zero-order valence-corrected chi connectivity index (χ0v) is 41.0. The Labute approximate surface area is 376 Å². The highest BCUT2D eigenvalue weighted by atomic mass is 31.2. The Morgan fingerprint density at radius 2 is 0.951 bits per heavy atom. The van der Waals surface area contributed by atoms with Crippen molar-refractivity contribution in [2.75, 3.05) is 54.1 Å². The minimum absolute atomic E-state index is 0.0170. The van der Waals surface area contributed by atoms with Gasteiger partial charge in [0.15, 0.2) is 0 Å². The molecule has 354 valence electrons. The van der Waals surface area contributed by atoms with Gasteiger partial charge in [0, 0.05) is 13.0 Å². The first-order chi connectivity index (χ1) is 29.6. The fourth-order valence-corrected chi connectivity index (χ4v) is 7.22. The summed E-state index contributed by atoms with van der Waals surface area (Å²) in [6.07, 6.45) is 57.8. The van der Waals surface area contributed by atoms with Gasteiger partial charge < -0.3 is 27.9 Å². The molecular formula is C52H94NO7P. The van der Waals surface area contributed by atoms with E-state index in [-0.39, 0.29) is 25.8 Å². The van der Waals surface area contributed by atoms with E-state index in [1.165, 1.54) is 89.9 Å². The molecule has 61 heavy (non-hydrogen) atoms. The van der Waals surface area contributed by atoms with Crippen molar-refractivity contribution in [2.24, 2.45) is 0 Å². The lowest BCUT2D eigenvalue weighted by Crippen LogP contribution is -2.37. The number of unbranched alkanes of at least 4 members (excludes halogenated alkanes) is 19. The van der Waals surface area contributed by atoms with Gasteiger partial charge in [-0.05, 0) is 64.2 Å². The molecule has 0 aromatic rings. The zero-order valence-electron chi connectivity index (χ0n) is 40.1. The fraction of sp³-hybridized carbons (Fsp3) is 0.750. The summed E-state index contributed by atoms with van der Waals surface area (Å²) in [4.78, 5) is 25.1. The van der Waals surface area contributed by atoms with Crippen molar-refractivity contribution in [2.45, 2.75) is 200 Å². The van der Waals surface area contributed by atoms with E-state index >= 15 is 0 Å². The van der Waals surface area contributed by atoms with Crippen LogP contribution < -0.4 is 4.89 Å². The molecule has 0 amide bonds. The maximum atomic E-state index is 12.7. The van der Waals surface area contributed by atoms with E-state index in [9.17, 15) is 14.3 Å². The SMILES string of the molecule is CC/C=C\C/C=C\C/C=C\C/C=C\C/C=C\C/C=C\CCCCCOCC(COP(=O)([O-])OCC[N+](C)(C)C)OC(=O)CCCCCCCCCCCCCCCCCCC. The van der Waals surface area contributed by atoms with E-state index in [1.54, 1.807) is 0 Å². The van der Waals surface area contributed by atoms with Crippen molar-refractivity contribution >= 4 is 13.8 Å². The first-order valence-electron chi connectivity index (χ1n) is 24.7. The van der Waals surface area contributed by atoms with Gasteiger partial charge in [-0.1, -0.05) is 196 Å². The van der Waals surface area contributed by atoms with Crippen LogP contribution in [0.5, 0.6) is 0 Å². The number of nitrogens with zero attached hydrogens (tertiary/aromatic N) is 1. The average Bonchev–Trinajstić information content (AvgIpc) is 3.22. The van der Waals surface area contributed by atoms with Crippen molar-refractivity contribution in [3.05, 3.63) is 72.9 Å². The number of rotatable bonds is 45. The highest BCUT2D eigenvalue weighted by molar-refractivity contribution is 7.45. The van der Waals surface area contributed by atoms with Crippen molar-refractivity contribution < 1.29 is 37.3 Å². The maximum absolute atomic E-state index is 12.7. The zero-order chi connectivity index (χ0) is 44.8. The van der Waals surface area contributed by atoms with Crippen molar-refractivity contribution in [3.8, 4) is 0 Å². The molecule has 0 rings (SSSR count). The number of carbonyl (C=O) groups is 1. The first-order valence-corrected chi connectivity index (χ1v) is 26.1. The van der Waals surface area contributed by atoms with Gasteiger partial charge in [-0.2, -0.15) is 0 Å². The first kappa shape index (κ1) is 58.9. The molecule has 0 aromatic carbocycles. The maximum Gasteiger partial charge on any atom is 0.306 e. The molecule has 2 unspecified atom stereocenters. The summed E-state index contributed by atoms with van der Waals surface area (Å²) < 4.78 is 34.7. The Morgan fingerprint density at radius 1 is 0.525 bits per heavy atom. The monoisotopic (exact) mass is 876 g/mol. The third-order valence-electron chi connectivity index (χ3n) is 10.3. The number of phosphoric acid groups is 1. The summed E-state index contributed by atoms with van der Waals surface area (Å²) in [5, 5.41) is 0. The second kappa shape index (κ2) is 44.5. The number of hydrogen-bond donors (Lipinski definition) is 0. The minimum Gasteiger partial charge on any atom is -0.756 e. The third kappa shape index (κ3) is 48.8. The molecule has 8 nitrogen and oxygen atoms in total. The van der Waals surface area contributed by atoms with Crippen LogP contribution in [0.3, 0.4) is 0 Å². The van der Waals surface area contributed by atoms with Gasteiger partial charge in [-0.25, -0.2) is 0 Å². The van der Waals surface area contributed by atoms with E-state index in [0.29, 0.717) is 24.1 Å². The average molecular weight is 876 g/mol. The molecule has 0 aliphatic carbocycles. The van der Waals surface area contributed by atoms with Gasteiger partial charge in [-0.15, -0.1) is 0 Å². The molecule has 9 heteroatoms. The lowest BCUT2D eigenvalue weighted by molar-refractivity contribution is -0.870. The highest BCUT2D eigenvalue weighted by Crippen LogP contribution is 2.38. The molecule has 0 saturated carbocycles. The third-order valence-corrected chi connectivity index (χ3v) is 11.2. The van der Waals surface area contributed by atoms with Crippen molar-refractivity contribution in [1.82, 2.24) is 0 Å². The predicted molar refractivity (Wildman–Crippen MR) is 259 cm³/mol. The van der Waals surface area contributed by atoms with Crippen LogP contribution in [0.1, 0.15) is 194 Å². The number of carbonyl (C=O) groups excluding carboxylic acids is 1. The van der Waals surface area contributed by atoms with Crippen LogP contribution in [-0.2, 0) is 27.9 Å². The molecule has 2 atom stereocenters. The predicted octanol–water partition coefficient (Wildman–Crippen LogP) is 14.4. The van der Waals surface area contributed by atoms with Gasteiger partial charge in [-0.3, -0.25) is 9.36 Å². The van der Waals surface area contributed by atoms with Gasteiger partial charge in [0.2, 0.25) is 0 Å². The van der Waals surface area contributed by atoms with Gasteiger partial charge in [0.05, 0.1) is 34.4 Å².